The van der Waals surface area contributed by atoms with E-state index in [0.29, 0.717) is 17.3 Å². The SMILES string of the molecule is CCCCCN1C[C@@H](C(=O)OCC)[C@@H](NC(=O)Nc2ccc(Cl)cc2)C1=O. The normalized spacial score (nSPS) is 19.1. The molecule has 3 amide bonds. The summed E-state index contributed by atoms with van der Waals surface area (Å²) in [5.74, 6) is -1.44. The Bertz CT molecular complexity index is 665. The molecule has 1 aliphatic rings. The molecule has 0 unspecified atom stereocenters. The van der Waals surface area contributed by atoms with Crippen LogP contribution in [0.4, 0.5) is 10.5 Å². The van der Waals surface area contributed by atoms with Crippen molar-refractivity contribution in [1.82, 2.24) is 10.2 Å². The Morgan fingerprint density at radius 3 is 2.56 bits per heavy atom. The molecule has 0 radical (unpaired) electrons. The van der Waals surface area contributed by atoms with Gasteiger partial charge in [0.25, 0.3) is 0 Å². The van der Waals surface area contributed by atoms with E-state index in [9.17, 15) is 14.4 Å². The molecule has 1 aromatic carbocycles. The molecule has 2 rings (SSSR count). The van der Waals surface area contributed by atoms with Crippen LogP contribution in [0.25, 0.3) is 0 Å². The number of carbonyl (C=O) groups is 3. The van der Waals surface area contributed by atoms with Crippen LogP contribution in [0.3, 0.4) is 0 Å². The summed E-state index contributed by atoms with van der Waals surface area (Å²) in [6.07, 6.45) is 2.90. The van der Waals surface area contributed by atoms with Crippen molar-refractivity contribution >= 4 is 35.2 Å². The minimum atomic E-state index is -0.932. The molecule has 1 fully saturated rings. The lowest BCUT2D eigenvalue weighted by Gasteiger charge is -2.17. The quantitative estimate of drug-likeness (QED) is 0.523. The van der Waals surface area contributed by atoms with E-state index in [1.807, 2.05) is 0 Å². The number of hydrogen-bond donors (Lipinski definition) is 2. The van der Waals surface area contributed by atoms with Gasteiger partial charge in [0.05, 0.1) is 6.61 Å². The van der Waals surface area contributed by atoms with Gasteiger partial charge in [-0.05, 0) is 37.6 Å². The number of nitrogens with one attached hydrogen (secondary N) is 2. The second-order valence-electron chi connectivity index (χ2n) is 6.43. The fraction of sp³-hybridized carbons (Fsp3) is 0.526. The highest BCUT2D eigenvalue weighted by molar-refractivity contribution is 6.30. The van der Waals surface area contributed by atoms with Crippen LogP contribution in [0.2, 0.25) is 5.02 Å². The summed E-state index contributed by atoms with van der Waals surface area (Å²) >= 11 is 5.83. The molecular weight excluding hydrogens is 370 g/mol. The van der Waals surface area contributed by atoms with Gasteiger partial charge in [0, 0.05) is 23.8 Å². The molecule has 8 heteroatoms. The van der Waals surface area contributed by atoms with Crippen molar-refractivity contribution in [2.45, 2.75) is 39.2 Å². The van der Waals surface area contributed by atoms with E-state index in [1.165, 1.54) is 0 Å². The molecule has 7 nitrogen and oxygen atoms in total. The van der Waals surface area contributed by atoms with Crippen LogP contribution in [0.1, 0.15) is 33.1 Å². The second-order valence-corrected chi connectivity index (χ2v) is 6.87. The van der Waals surface area contributed by atoms with E-state index in [0.717, 1.165) is 19.3 Å². The number of nitrogens with zero attached hydrogens (tertiary/aromatic N) is 1. The van der Waals surface area contributed by atoms with Gasteiger partial charge in [0.2, 0.25) is 5.91 Å². The van der Waals surface area contributed by atoms with E-state index in [4.69, 9.17) is 16.3 Å². The molecule has 1 aromatic rings. The fourth-order valence-corrected chi connectivity index (χ4v) is 3.15. The number of carbonyl (C=O) groups excluding carboxylic acids is 3. The first-order valence-corrected chi connectivity index (χ1v) is 9.62. The highest BCUT2D eigenvalue weighted by Crippen LogP contribution is 2.21. The van der Waals surface area contributed by atoms with Gasteiger partial charge in [0.1, 0.15) is 12.0 Å². The monoisotopic (exact) mass is 395 g/mol. The molecule has 2 N–H and O–H groups in total. The Morgan fingerprint density at radius 2 is 1.93 bits per heavy atom. The molecule has 148 valence electrons. The summed E-state index contributed by atoms with van der Waals surface area (Å²) in [7, 11) is 0. The largest absolute Gasteiger partial charge is 0.466 e. The number of benzene rings is 1. The lowest BCUT2D eigenvalue weighted by atomic mass is 10.0. The number of unbranched alkanes of at least 4 members (excludes halogenated alkanes) is 2. The van der Waals surface area contributed by atoms with Gasteiger partial charge in [-0.2, -0.15) is 0 Å². The number of urea groups is 1. The Balaban J connectivity index is 2.04. The van der Waals surface area contributed by atoms with Crippen LogP contribution in [-0.4, -0.2) is 48.5 Å². The molecular formula is C19H26ClN3O4. The zero-order valence-electron chi connectivity index (χ0n) is 15.7. The van der Waals surface area contributed by atoms with Crippen molar-refractivity contribution < 1.29 is 19.1 Å². The number of halogens is 1. The number of likely N-dealkylation sites (tertiary alicyclic amines) is 1. The zero-order valence-corrected chi connectivity index (χ0v) is 16.4. The third-order valence-corrected chi connectivity index (χ3v) is 4.66. The van der Waals surface area contributed by atoms with Gasteiger partial charge in [-0.1, -0.05) is 31.4 Å². The molecule has 1 aliphatic heterocycles. The van der Waals surface area contributed by atoms with Gasteiger partial charge in [0.15, 0.2) is 0 Å². The average Bonchev–Trinajstić information content (AvgIpc) is 2.94. The van der Waals surface area contributed by atoms with Gasteiger partial charge in [-0.25, -0.2) is 4.79 Å². The standard InChI is InChI=1S/C19H26ClN3O4/c1-3-5-6-11-23-12-15(18(25)27-4-2)16(17(23)24)22-19(26)21-14-9-7-13(20)8-10-14/h7-10,15-16H,3-6,11-12H2,1-2H3,(H2,21,22,26)/t15-,16-/m1/s1. The Kier molecular flexibility index (Phi) is 7.91. The van der Waals surface area contributed by atoms with Crippen LogP contribution in [0.15, 0.2) is 24.3 Å². The molecule has 0 aromatic heterocycles. The number of amides is 3. The third-order valence-electron chi connectivity index (χ3n) is 4.41. The van der Waals surface area contributed by atoms with Crippen LogP contribution < -0.4 is 10.6 Å². The lowest BCUT2D eigenvalue weighted by molar-refractivity contribution is -0.148. The molecule has 1 heterocycles. The predicted octanol–water partition coefficient (Wildman–Crippen LogP) is 3.04. The fourth-order valence-electron chi connectivity index (χ4n) is 3.02. The van der Waals surface area contributed by atoms with E-state index in [2.05, 4.69) is 17.6 Å². The predicted molar refractivity (Wildman–Crippen MR) is 104 cm³/mol. The van der Waals surface area contributed by atoms with Crippen LogP contribution >= 0.6 is 11.6 Å². The zero-order chi connectivity index (χ0) is 19.8. The molecule has 0 saturated carbocycles. The van der Waals surface area contributed by atoms with Crippen LogP contribution in [0.5, 0.6) is 0 Å². The van der Waals surface area contributed by atoms with Crippen molar-refractivity contribution in [1.29, 1.82) is 0 Å². The van der Waals surface area contributed by atoms with Crippen molar-refractivity contribution in [3.05, 3.63) is 29.3 Å². The lowest BCUT2D eigenvalue weighted by Crippen LogP contribution is -2.47. The third kappa shape index (κ3) is 5.85. The van der Waals surface area contributed by atoms with Crippen molar-refractivity contribution in [3.63, 3.8) is 0 Å². The topological polar surface area (TPSA) is 87.7 Å². The van der Waals surface area contributed by atoms with E-state index in [1.54, 1.807) is 36.1 Å². The smallest absolute Gasteiger partial charge is 0.319 e. The minimum Gasteiger partial charge on any atom is -0.466 e. The highest BCUT2D eigenvalue weighted by Gasteiger charge is 2.45. The van der Waals surface area contributed by atoms with Gasteiger partial charge in [-0.3, -0.25) is 9.59 Å². The van der Waals surface area contributed by atoms with E-state index in [-0.39, 0.29) is 19.1 Å². The number of hydrogen-bond acceptors (Lipinski definition) is 4. The maximum Gasteiger partial charge on any atom is 0.319 e. The molecule has 0 aliphatic carbocycles. The number of ether oxygens (including phenoxy) is 1. The number of rotatable bonds is 8. The summed E-state index contributed by atoms with van der Waals surface area (Å²) in [5, 5.41) is 5.82. The summed E-state index contributed by atoms with van der Waals surface area (Å²) in [6, 6.07) is 5.11. The Hall–Kier alpha value is -2.28. The first kappa shape index (κ1) is 21.0. The maximum absolute atomic E-state index is 12.7. The average molecular weight is 396 g/mol. The summed E-state index contributed by atoms with van der Waals surface area (Å²) in [4.78, 5) is 38.9. The first-order valence-electron chi connectivity index (χ1n) is 9.24. The van der Waals surface area contributed by atoms with E-state index >= 15 is 0 Å². The summed E-state index contributed by atoms with van der Waals surface area (Å²) in [5.41, 5.74) is 0.537. The van der Waals surface area contributed by atoms with Crippen molar-refractivity contribution in [2.75, 3.05) is 25.0 Å². The van der Waals surface area contributed by atoms with Gasteiger partial charge in [-0.15, -0.1) is 0 Å². The Morgan fingerprint density at radius 1 is 1.22 bits per heavy atom. The second kappa shape index (κ2) is 10.2. The molecule has 0 spiro atoms. The number of anilines is 1. The maximum atomic E-state index is 12.7. The van der Waals surface area contributed by atoms with Crippen LogP contribution in [0, 0.1) is 5.92 Å². The molecule has 27 heavy (non-hydrogen) atoms. The highest BCUT2D eigenvalue weighted by atomic mass is 35.5. The minimum absolute atomic E-state index is 0.225. The van der Waals surface area contributed by atoms with Crippen molar-refractivity contribution in [2.24, 2.45) is 5.92 Å². The molecule has 0 bridgehead atoms. The molecule has 1 saturated heterocycles. The van der Waals surface area contributed by atoms with Gasteiger partial charge < -0.3 is 20.3 Å². The van der Waals surface area contributed by atoms with Gasteiger partial charge >= 0.3 is 12.0 Å². The number of esters is 1. The Labute approximate surface area is 164 Å². The first-order chi connectivity index (χ1) is 13.0. The summed E-state index contributed by atoms with van der Waals surface area (Å²) < 4.78 is 5.09. The van der Waals surface area contributed by atoms with Crippen molar-refractivity contribution in [3.8, 4) is 0 Å². The van der Waals surface area contributed by atoms with Crippen LogP contribution in [-0.2, 0) is 14.3 Å². The molecule has 2 atom stereocenters. The van der Waals surface area contributed by atoms with E-state index < -0.39 is 24.0 Å². The summed E-state index contributed by atoms with van der Waals surface area (Å²) in [6.45, 7) is 4.85.